The van der Waals surface area contributed by atoms with Crippen LogP contribution in [0.25, 0.3) is 0 Å². The largest absolute Gasteiger partial charge is 0.434 e. The number of carbonyl (C=O) groups is 1. The molecule has 4 heterocycles. The summed E-state index contributed by atoms with van der Waals surface area (Å²) in [5, 5.41) is 16.3. The highest BCUT2D eigenvalue weighted by Gasteiger charge is 2.59. The molecule has 2 aromatic heterocycles. The summed E-state index contributed by atoms with van der Waals surface area (Å²) in [6.07, 6.45) is 3.29. The Morgan fingerprint density at radius 3 is 2.29 bits per heavy atom. The molecular formula is C23H27F3N6O2S. The summed E-state index contributed by atoms with van der Waals surface area (Å²) < 4.78 is 40.1. The van der Waals surface area contributed by atoms with Crippen molar-refractivity contribution in [1.82, 2.24) is 29.5 Å². The van der Waals surface area contributed by atoms with Gasteiger partial charge in [-0.3, -0.25) is 0 Å². The molecule has 8 nitrogen and oxygen atoms in total. The fraction of sp³-hybridized carbons (Fsp3) is 0.739. The van der Waals surface area contributed by atoms with Crippen LogP contribution in [0.4, 0.5) is 18.0 Å². The number of urea groups is 1. The lowest BCUT2D eigenvalue weighted by Gasteiger charge is -2.63. The average molecular weight is 509 g/mol. The van der Waals surface area contributed by atoms with Crippen LogP contribution >= 0.6 is 11.3 Å². The smallest absolute Gasteiger partial charge is 0.382 e. The van der Waals surface area contributed by atoms with Gasteiger partial charge in [-0.1, -0.05) is 0 Å². The van der Waals surface area contributed by atoms with Gasteiger partial charge in [0.2, 0.25) is 0 Å². The zero-order chi connectivity index (χ0) is 24.2. The van der Waals surface area contributed by atoms with Gasteiger partial charge in [-0.15, -0.1) is 11.3 Å². The number of thiazole rings is 1. The second-order valence-corrected chi connectivity index (χ2v) is 12.7. The highest BCUT2D eigenvalue weighted by Crippen LogP contribution is 2.56. The number of halogens is 3. The predicted molar refractivity (Wildman–Crippen MR) is 118 cm³/mol. The third kappa shape index (κ3) is 3.58. The van der Waals surface area contributed by atoms with Gasteiger partial charge < -0.3 is 14.9 Å². The molecule has 2 aromatic rings. The molecule has 7 rings (SSSR count). The minimum absolute atomic E-state index is 0.113. The summed E-state index contributed by atoms with van der Waals surface area (Å²) in [6.45, 7) is 3.08. The molecule has 0 bridgehead atoms. The Morgan fingerprint density at radius 2 is 1.71 bits per heavy atom. The number of nitrogens with zero attached hydrogens (tertiary/aromatic N) is 6. The third-order valence-corrected chi connectivity index (χ3v) is 9.63. The normalized spacial score (nSPS) is 26.3. The lowest BCUT2D eigenvalue weighted by atomic mass is 9.57. The molecule has 12 heteroatoms. The number of hydrogen-bond acceptors (Lipinski definition) is 6. The van der Waals surface area contributed by atoms with Crippen LogP contribution in [0.3, 0.4) is 0 Å². The Hall–Kier alpha value is -2.21. The Morgan fingerprint density at radius 1 is 1.09 bits per heavy atom. The third-order valence-electron chi connectivity index (χ3n) is 8.75. The number of rotatable bonds is 4. The van der Waals surface area contributed by atoms with Crippen molar-refractivity contribution in [3.8, 4) is 0 Å². The van der Waals surface area contributed by atoms with Crippen molar-refractivity contribution in [1.29, 1.82) is 0 Å². The van der Waals surface area contributed by atoms with Gasteiger partial charge in [0.25, 0.3) is 0 Å². The molecule has 0 unspecified atom stereocenters. The van der Waals surface area contributed by atoms with E-state index < -0.39 is 17.5 Å². The van der Waals surface area contributed by atoms with Gasteiger partial charge >= 0.3 is 12.2 Å². The Bertz CT molecular complexity index is 1160. The molecule has 0 aromatic carbocycles. The van der Waals surface area contributed by atoms with Gasteiger partial charge in [-0.05, 0) is 44.4 Å². The lowest BCUT2D eigenvalue weighted by molar-refractivity contribution is -0.140. The fourth-order valence-corrected chi connectivity index (χ4v) is 7.65. The Balaban J connectivity index is 0.845. The van der Waals surface area contributed by atoms with Crippen LogP contribution in [0.15, 0.2) is 11.7 Å². The molecule has 5 aliphatic rings. The van der Waals surface area contributed by atoms with Gasteiger partial charge in [0, 0.05) is 48.8 Å². The van der Waals surface area contributed by atoms with E-state index in [1.807, 2.05) is 14.5 Å². The van der Waals surface area contributed by atoms with Crippen molar-refractivity contribution in [3.63, 3.8) is 0 Å². The first-order valence-corrected chi connectivity index (χ1v) is 13.1. The van der Waals surface area contributed by atoms with E-state index in [-0.39, 0.29) is 16.9 Å². The average Bonchev–Trinajstić information content (AvgIpc) is 3.10. The van der Waals surface area contributed by atoms with Crippen molar-refractivity contribution in [2.24, 2.45) is 16.7 Å². The van der Waals surface area contributed by atoms with Gasteiger partial charge in [-0.25, -0.2) is 19.4 Å². The zero-order valence-electron chi connectivity index (χ0n) is 19.2. The molecular weight excluding hydrogens is 481 g/mol. The van der Waals surface area contributed by atoms with E-state index >= 15 is 0 Å². The maximum absolute atomic E-state index is 12.9. The fourth-order valence-electron chi connectivity index (χ4n) is 6.74. The van der Waals surface area contributed by atoms with Crippen molar-refractivity contribution in [2.45, 2.75) is 62.8 Å². The minimum Gasteiger partial charge on any atom is -0.382 e. The lowest BCUT2D eigenvalue weighted by Crippen LogP contribution is -2.71. The van der Waals surface area contributed by atoms with E-state index in [0.717, 1.165) is 81.4 Å². The molecule has 35 heavy (non-hydrogen) atoms. The van der Waals surface area contributed by atoms with Crippen LogP contribution < -0.4 is 0 Å². The number of alkyl halides is 3. The van der Waals surface area contributed by atoms with Crippen LogP contribution in [0.5, 0.6) is 0 Å². The van der Waals surface area contributed by atoms with Gasteiger partial charge in [0.1, 0.15) is 11.9 Å². The molecule has 0 radical (unpaired) electrons. The van der Waals surface area contributed by atoms with Crippen molar-refractivity contribution >= 4 is 17.4 Å². The summed E-state index contributed by atoms with van der Waals surface area (Å²) in [4.78, 5) is 24.8. The van der Waals surface area contributed by atoms with E-state index in [1.54, 1.807) is 6.33 Å². The molecule has 3 aliphatic carbocycles. The van der Waals surface area contributed by atoms with Crippen LogP contribution in [-0.4, -0.2) is 66.9 Å². The number of amides is 2. The summed E-state index contributed by atoms with van der Waals surface area (Å²) >= 11 is 1.09. The molecule has 188 valence electrons. The highest BCUT2D eigenvalue weighted by atomic mass is 32.1. The first-order chi connectivity index (χ1) is 16.5. The second kappa shape index (κ2) is 6.96. The van der Waals surface area contributed by atoms with E-state index in [9.17, 15) is 23.1 Å². The molecule has 2 aliphatic heterocycles. The van der Waals surface area contributed by atoms with E-state index in [0.29, 0.717) is 29.2 Å². The molecule has 2 spiro atoms. The van der Waals surface area contributed by atoms with Crippen molar-refractivity contribution < 1.29 is 23.1 Å². The number of carbonyl (C=O) groups excluding carboxylic acids is 1. The highest BCUT2D eigenvalue weighted by molar-refractivity contribution is 7.09. The van der Waals surface area contributed by atoms with E-state index in [4.69, 9.17) is 0 Å². The topological polar surface area (TPSA) is 87.4 Å². The number of aliphatic hydroxyl groups is 1. The van der Waals surface area contributed by atoms with E-state index in [1.165, 1.54) is 0 Å². The van der Waals surface area contributed by atoms with Crippen molar-refractivity contribution in [2.75, 3.05) is 26.2 Å². The maximum atomic E-state index is 12.9. The van der Waals surface area contributed by atoms with Gasteiger partial charge in [0.05, 0.1) is 11.0 Å². The van der Waals surface area contributed by atoms with Gasteiger partial charge in [-0.2, -0.15) is 18.3 Å². The Labute approximate surface area is 204 Å². The zero-order valence-corrected chi connectivity index (χ0v) is 20.0. The Kier molecular flexibility index (Phi) is 4.38. The first-order valence-electron chi connectivity index (χ1n) is 12.2. The molecule has 5 fully saturated rings. The predicted octanol–water partition coefficient (Wildman–Crippen LogP) is 3.45. The van der Waals surface area contributed by atoms with Crippen molar-refractivity contribution in [3.05, 3.63) is 28.2 Å². The minimum atomic E-state index is -4.38. The summed E-state index contributed by atoms with van der Waals surface area (Å²) in [6, 6.07) is 0.405. The van der Waals surface area contributed by atoms with Crippen LogP contribution in [0.2, 0.25) is 0 Å². The molecule has 2 amide bonds. The van der Waals surface area contributed by atoms with Crippen LogP contribution in [-0.2, 0) is 18.2 Å². The summed E-state index contributed by atoms with van der Waals surface area (Å²) in [5.74, 6) is 0.892. The molecule has 1 N–H and O–H groups in total. The summed E-state index contributed by atoms with van der Waals surface area (Å²) in [5.41, 5.74) is -1.25. The quantitative estimate of drug-likeness (QED) is 0.684. The summed E-state index contributed by atoms with van der Waals surface area (Å²) in [7, 11) is 0. The monoisotopic (exact) mass is 508 g/mol. The number of hydrogen-bond donors (Lipinski definition) is 1. The standard InChI is InChI=1S/C23H27F3N6O2S/c24-23(25,26)16-8-35-17(28-16)3-14-4-20(5-14)9-30(10-20)19(33)31-11-21(12-31)6-15(7-21)32-13-27-18(29-32)22(34)1-2-22/h8,13-15,34H,1-7,9-12H2. The van der Waals surface area contributed by atoms with Crippen LogP contribution in [0.1, 0.15) is 61.1 Å². The molecule has 0 atom stereocenters. The SMILES string of the molecule is O=C(N1CC2(CC(Cc3nc(C(F)(F)F)cs3)C2)C1)N1CC2(CC(n3cnc(C4(O)CC4)n3)C2)C1. The number of aromatic nitrogens is 4. The van der Waals surface area contributed by atoms with Crippen LogP contribution in [0, 0.1) is 16.7 Å². The van der Waals surface area contributed by atoms with Gasteiger partial charge in [0.15, 0.2) is 11.5 Å². The first kappa shape index (κ1) is 22.0. The maximum Gasteiger partial charge on any atom is 0.434 e. The molecule has 2 saturated heterocycles. The number of likely N-dealkylation sites (tertiary alicyclic amines) is 2. The molecule has 3 saturated carbocycles. The second-order valence-electron chi connectivity index (χ2n) is 11.7. The van der Waals surface area contributed by atoms with E-state index in [2.05, 4.69) is 15.1 Å².